The van der Waals surface area contributed by atoms with Crippen LogP contribution in [-0.4, -0.2) is 27.7 Å². The van der Waals surface area contributed by atoms with E-state index in [9.17, 15) is 4.79 Å². The van der Waals surface area contributed by atoms with E-state index >= 15 is 0 Å². The van der Waals surface area contributed by atoms with Crippen LogP contribution < -0.4 is 5.69 Å². The van der Waals surface area contributed by atoms with Gasteiger partial charge >= 0.3 is 5.69 Å². The zero-order valence-electron chi connectivity index (χ0n) is 12.9. The van der Waals surface area contributed by atoms with E-state index in [1.54, 1.807) is 13.3 Å². The fourth-order valence-corrected chi connectivity index (χ4v) is 4.03. The summed E-state index contributed by atoms with van der Waals surface area (Å²) in [6.45, 7) is 0. The van der Waals surface area contributed by atoms with Crippen LogP contribution in [0.3, 0.4) is 0 Å². The third-order valence-corrected chi connectivity index (χ3v) is 5.34. The van der Waals surface area contributed by atoms with Gasteiger partial charge < -0.3 is 9.72 Å². The molecule has 1 fully saturated rings. The maximum absolute atomic E-state index is 12.6. The van der Waals surface area contributed by atoms with E-state index in [1.165, 1.54) is 0 Å². The minimum absolute atomic E-state index is 0.0462. The molecule has 0 atom stereocenters. The second-order valence-electron chi connectivity index (χ2n) is 6.15. The van der Waals surface area contributed by atoms with E-state index in [4.69, 9.17) is 4.74 Å². The van der Waals surface area contributed by atoms with Gasteiger partial charge in [0.25, 0.3) is 0 Å². The van der Waals surface area contributed by atoms with Gasteiger partial charge in [0.15, 0.2) is 0 Å². The van der Waals surface area contributed by atoms with E-state index in [1.807, 2.05) is 22.8 Å². The van der Waals surface area contributed by atoms with E-state index in [2.05, 4.69) is 25.9 Å². The molecule has 0 amide bonds. The molecule has 0 aliphatic heterocycles. The molecule has 6 heteroatoms. The molecule has 4 rings (SSSR count). The lowest BCUT2D eigenvalue weighted by atomic mass is 9.92. The molecule has 1 saturated carbocycles. The largest absolute Gasteiger partial charge is 0.381 e. The van der Waals surface area contributed by atoms with Gasteiger partial charge in [0.2, 0.25) is 0 Å². The Kier molecular flexibility index (Phi) is 3.73. The van der Waals surface area contributed by atoms with Gasteiger partial charge in [-0.1, -0.05) is 15.9 Å². The van der Waals surface area contributed by atoms with Crippen LogP contribution in [0.2, 0.25) is 0 Å². The number of nitrogens with one attached hydrogen (secondary N) is 1. The molecule has 0 bridgehead atoms. The first kappa shape index (κ1) is 14.9. The van der Waals surface area contributed by atoms with Gasteiger partial charge in [-0.2, -0.15) is 0 Å². The molecule has 0 unspecified atom stereocenters. The van der Waals surface area contributed by atoms with Gasteiger partial charge in [0.1, 0.15) is 0 Å². The molecule has 120 valence electrons. The third kappa shape index (κ3) is 2.50. The number of benzene rings is 1. The maximum Gasteiger partial charge on any atom is 0.326 e. The summed E-state index contributed by atoms with van der Waals surface area (Å²) in [7, 11) is 1.76. The Morgan fingerprint density at radius 2 is 2.09 bits per heavy atom. The molecular formula is C17H18BrN3O2. The molecular weight excluding hydrogens is 358 g/mol. The molecule has 1 aliphatic carbocycles. The first-order valence-corrected chi connectivity index (χ1v) is 8.68. The number of aromatic nitrogens is 3. The van der Waals surface area contributed by atoms with Crippen molar-refractivity contribution < 1.29 is 4.74 Å². The third-order valence-electron chi connectivity index (χ3n) is 4.85. The highest BCUT2D eigenvalue weighted by molar-refractivity contribution is 9.10. The predicted octanol–water partition coefficient (Wildman–Crippen LogP) is 3.77. The number of hydrogen-bond donors (Lipinski definition) is 1. The van der Waals surface area contributed by atoms with Crippen LogP contribution in [-0.2, 0) is 4.74 Å². The van der Waals surface area contributed by atoms with Crippen molar-refractivity contribution in [2.75, 3.05) is 7.11 Å². The standard InChI is InChI=1S/C17H18BrN3O2/c1-23-12-5-3-11(4-6-12)21-16-13-8-10(18)2-7-14(13)19-9-15(16)20-17(21)22/h2,7-9,11-12H,3-6H2,1H3,(H,20,22)/t11-,12-. The van der Waals surface area contributed by atoms with Crippen molar-refractivity contribution in [3.8, 4) is 0 Å². The molecule has 1 aliphatic rings. The summed E-state index contributed by atoms with van der Waals surface area (Å²) in [6.07, 6.45) is 5.98. The lowest BCUT2D eigenvalue weighted by molar-refractivity contribution is 0.0586. The minimum atomic E-state index is -0.0462. The molecule has 3 aromatic rings. The maximum atomic E-state index is 12.6. The van der Waals surface area contributed by atoms with Crippen molar-refractivity contribution in [2.24, 2.45) is 0 Å². The van der Waals surface area contributed by atoms with Crippen molar-refractivity contribution in [3.63, 3.8) is 0 Å². The van der Waals surface area contributed by atoms with Crippen molar-refractivity contribution in [1.29, 1.82) is 0 Å². The summed E-state index contributed by atoms with van der Waals surface area (Å²) in [6, 6.07) is 6.20. The average molecular weight is 376 g/mol. The normalized spacial score (nSPS) is 22.0. The van der Waals surface area contributed by atoms with Gasteiger partial charge in [-0.15, -0.1) is 0 Å². The van der Waals surface area contributed by atoms with E-state index in [0.717, 1.165) is 52.1 Å². The molecule has 23 heavy (non-hydrogen) atoms. The summed E-state index contributed by atoms with van der Waals surface area (Å²) in [4.78, 5) is 20.0. The molecule has 5 nitrogen and oxygen atoms in total. The van der Waals surface area contributed by atoms with Crippen molar-refractivity contribution >= 4 is 37.9 Å². The number of ether oxygens (including phenoxy) is 1. The Morgan fingerprint density at radius 1 is 1.30 bits per heavy atom. The van der Waals surface area contributed by atoms with E-state index in [-0.39, 0.29) is 11.7 Å². The number of imidazole rings is 1. The second-order valence-corrected chi connectivity index (χ2v) is 7.06. The van der Waals surface area contributed by atoms with Crippen LogP contribution in [0.5, 0.6) is 0 Å². The number of rotatable bonds is 2. The number of nitrogens with zero attached hydrogens (tertiary/aromatic N) is 2. The van der Waals surface area contributed by atoms with Crippen molar-refractivity contribution in [2.45, 2.75) is 37.8 Å². The average Bonchev–Trinajstić information content (AvgIpc) is 2.91. The molecule has 0 spiro atoms. The Bertz CT molecular complexity index is 923. The van der Waals surface area contributed by atoms with Crippen molar-refractivity contribution in [3.05, 3.63) is 39.4 Å². The Morgan fingerprint density at radius 3 is 2.83 bits per heavy atom. The van der Waals surface area contributed by atoms with Crippen LogP contribution in [0.15, 0.2) is 33.7 Å². The Hall–Kier alpha value is -1.66. The summed E-state index contributed by atoms with van der Waals surface area (Å²) in [5, 5.41) is 1.00. The smallest absolute Gasteiger partial charge is 0.326 e. The number of hydrogen-bond acceptors (Lipinski definition) is 3. The van der Waals surface area contributed by atoms with Crippen LogP contribution in [0.1, 0.15) is 31.7 Å². The van der Waals surface area contributed by atoms with Crippen LogP contribution in [0.4, 0.5) is 0 Å². The number of pyridine rings is 1. The zero-order chi connectivity index (χ0) is 16.0. The van der Waals surface area contributed by atoms with Crippen LogP contribution in [0.25, 0.3) is 21.9 Å². The first-order valence-electron chi connectivity index (χ1n) is 7.88. The van der Waals surface area contributed by atoms with Gasteiger partial charge in [0.05, 0.1) is 28.9 Å². The monoisotopic (exact) mass is 375 g/mol. The van der Waals surface area contributed by atoms with Crippen LogP contribution >= 0.6 is 15.9 Å². The molecule has 0 saturated heterocycles. The van der Waals surface area contributed by atoms with Crippen LogP contribution in [0, 0.1) is 0 Å². The summed E-state index contributed by atoms with van der Waals surface area (Å²) in [5.41, 5.74) is 2.62. The minimum Gasteiger partial charge on any atom is -0.381 e. The number of H-pyrrole nitrogens is 1. The fraction of sp³-hybridized carbons (Fsp3) is 0.412. The number of methoxy groups -OCH3 is 1. The summed E-state index contributed by atoms with van der Waals surface area (Å²) >= 11 is 3.52. The highest BCUT2D eigenvalue weighted by Crippen LogP contribution is 2.33. The van der Waals surface area contributed by atoms with Gasteiger partial charge in [0, 0.05) is 23.0 Å². The van der Waals surface area contributed by atoms with Gasteiger partial charge in [-0.05, 0) is 43.9 Å². The topological polar surface area (TPSA) is 59.9 Å². The number of fused-ring (bicyclic) bond motifs is 3. The summed E-state index contributed by atoms with van der Waals surface area (Å²) < 4.78 is 8.37. The lowest BCUT2D eigenvalue weighted by Gasteiger charge is -2.28. The number of halogens is 1. The SMILES string of the molecule is CO[C@H]1CC[C@H](n2c(=O)[nH]c3cnc4ccc(Br)cc4c32)CC1. The van der Waals surface area contributed by atoms with E-state index in [0.29, 0.717) is 6.10 Å². The second kappa shape index (κ2) is 5.76. The van der Waals surface area contributed by atoms with E-state index < -0.39 is 0 Å². The molecule has 1 N–H and O–H groups in total. The molecule has 1 aromatic carbocycles. The number of aromatic amines is 1. The molecule has 2 heterocycles. The van der Waals surface area contributed by atoms with Crippen molar-refractivity contribution in [1.82, 2.24) is 14.5 Å². The quantitative estimate of drug-likeness (QED) is 0.741. The molecule has 2 aromatic heterocycles. The van der Waals surface area contributed by atoms with Gasteiger partial charge in [-0.3, -0.25) is 9.55 Å². The predicted molar refractivity (Wildman–Crippen MR) is 93.9 cm³/mol. The summed E-state index contributed by atoms with van der Waals surface area (Å²) in [5.74, 6) is 0. The highest BCUT2D eigenvalue weighted by Gasteiger charge is 2.25. The lowest BCUT2D eigenvalue weighted by Crippen LogP contribution is -2.28. The Balaban J connectivity index is 1.90. The van der Waals surface area contributed by atoms with Gasteiger partial charge in [-0.25, -0.2) is 4.79 Å². The molecule has 0 radical (unpaired) electrons. The highest BCUT2D eigenvalue weighted by atomic mass is 79.9. The zero-order valence-corrected chi connectivity index (χ0v) is 14.5. The Labute approximate surface area is 141 Å². The first-order chi connectivity index (χ1) is 11.2. The fourth-order valence-electron chi connectivity index (χ4n) is 3.67.